The fraction of sp³-hybridized carbons (Fsp3) is 0.161. The van der Waals surface area contributed by atoms with Crippen LogP contribution in [0.1, 0.15) is 41.0 Å². The van der Waals surface area contributed by atoms with Gasteiger partial charge in [-0.15, -0.1) is 0 Å². The molecule has 0 aliphatic rings. The standard InChI is InChI=1S/C31H28FN3O2/c1-21-17-26(18-27(19-33)31(36)34-22(2)24-9-5-4-6-10-24)23(3)35(21)28-13-15-29(16-14-28)37-20-25-11-7-8-12-30(25)32/h4-18,22H,20H2,1-3H3,(H,34,36)/b27-18-/t22-/m0/s1. The summed E-state index contributed by atoms with van der Waals surface area (Å²) in [5.41, 5.74) is 5.06. The van der Waals surface area contributed by atoms with E-state index in [9.17, 15) is 14.4 Å². The lowest BCUT2D eigenvalue weighted by atomic mass is 10.1. The van der Waals surface area contributed by atoms with Crippen LogP contribution in [-0.4, -0.2) is 10.5 Å². The van der Waals surface area contributed by atoms with Crippen molar-refractivity contribution in [3.63, 3.8) is 0 Å². The number of nitrogens with zero attached hydrogens (tertiary/aromatic N) is 2. The highest BCUT2D eigenvalue weighted by Crippen LogP contribution is 2.25. The van der Waals surface area contributed by atoms with Crippen LogP contribution in [0.3, 0.4) is 0 Å². The van der Waals surface area contributed by atoms with Gasteiger partial charge in [0.15, 0.2) is 0 Å². The predicted octanol–water partition coefficient (Wildman–Crippen LogP) is 6.60. The molecule has 0 saturated carbocycles. The molecule has 1 atom stereocenters. The molecule has 0 aliphatic heterocycles. The van der Waals surface area contributed by atoms with Gasteiger partial charge in [-0.25, -0.2) is 4.39 Å². The molecule has 5 nitrogen and oxygen atoms in total. The Morgan fingerprint density at radius 3 is 2.41 bits per heavy atom. The number of aromatic nitrogens is 1. The van der Waals surface area contributed by atoms with Crippen LogP contribution in [0.2, 0.25) is 0 Å². The summed E-state index contributed by atoms with van der Waals surface area (Å²) in [7, 11) is 0. The molecule has 37 heavy (non-hydrogen) atoms. The molecule has 4 rings (SSSR count). The maximum atomic E-state index is 13.8. The summed E-state index contributed by atoms with van der Waals surface area (Å²) in [4.78, 5) is 12.8. The average molecular weight is 494 g/mol. The zero-order chi connectivity index (χ0) is 26.4. The van der Waals surface area contributed by atoms with Crippen LogP contribution in [0, 0.1) is 31.0 Å². The Balaban J connectivity index is 1.50. The quantitative estimate of drug-likeness (QED) is 0.222. The summed E-state index contributed by atoms with van der Waals surface area (Å²) < 4.78 is 21.6. The van der Waals surface area contributed by atoms with Crippen molar-refractivity contribution in [2.75, 3.05) is 0 Å². The second-order valence-corrected chi connectivity index (χ2v) is 8.81. The molecule has 0 saturated heterocycles. The van der Waals surface area contributed by atoms with Crippen LogP contribution in [-0.2, 0) is 11.4 Å². The van der Waals surface area contributed by atoms with Gasteiger partial charge in [-0.1, -0.05) is 48.5 Å². The Labute approximate surface area is 216 Å². The lowest BCUT2D eigenvalue weighted by Crippen LogP contribution is -2.27. The number of ether oxygens (including phenoxy) is 1. The summed E-state index contributed by atoms with van der Waals surface area (Å²) >= 11 is 0. The Morgan fingerprint density at radius 1 is 1.05 bits per heavy atom. The van der Waals surface area contributed by atoms with E-state index < -0.39 is 5.91 Å². The molecule has 3 aromatic carbocycles. The summed E-state index contributed by atoms with van der Waals surface area (Å²) in [6.45, 7) is 5.94. The number of halogens is 1. The van der Waals surface area contributed by atoms with Crippen LogP contribution in [0.5, 0.6) is 5.75 Å². The minimum atomic E-state index is -0.417. The van der Waals surface area contributed by atoms with E-state index in [1.807, 2.05) is 92.1 Å². The predicted molar refractivity (Wildman–Crippen MR) is 143 cm³/mol. The van der Waals surface area contributed by atoms with E-state index >= 15 is 0 Å². The van der Waals surface area contributed by atoms with E-state index in [1.165, 1.54) is 6.07 Å². The van der Waals surface area contributed by atoms with Crippen molar-refractivity contribution in [2.24, 2.45) is 0 Å². The van der Waals surface area contributed by atoms with Crippen molar-refractivity contribution in [2.45, 2.75) is 33.4 Å². The molecular weight excluding hydrogens is 465 g/mol. The molecule has 0 bridgehead atoms. The van der Waals surface area contributed by atoms with Gasteiger partial charge in [0.2, 0.25) is 0 Å². The lowest BCUT2D eigenvalue weighted by molar-refractivity contribution is -0.117. The first-order valence-electron chi connectivity index (χ1n) is 12.0. The van der Waals surface area contributed by atoms with Crippen molar-refractivity contribution in [1.29, 1.82) is 5.26 Å². The lowest BCUT2D eigenvalue weighted by Gasteiger charge is -2.14. The van der Waals surface area contributed by atoms with Crippen LogP contribution in [0.15, 0.2) is 90.5 Å². The molecule has 1 heterocycles. The molecule has 186 valence electrons. The normalized spacial score (nSPS) is 12.0. The first-order chi connectivity index (χ1) is 17.9. The Hall–Kier alpha value is -4.63. The highest BCUT2D eigenvalue weighted by Gasteiger charge is 2.16. The fourth-order valence-corrected chi connectivity index (χ4v) is 4.20. The first kappa shape index (κ1) is 25.5. The van der Waals surface area contributed by atoms with Gasteiger partial charge in [0.25, 0.3) is 5.91 Å². The van der Waals surface area contributed by atoms with E-state index in [0.717, 1.165) is 28.2 Å². The highest BCUT2D eigenvalue weighted by atomic mass is 19.1. The van der Waals surface area contributed by atoms with E-state index in [-0.39, 0.29) is 24.0 Å². The molecule has 1 N–H and O–H groups in total. The number of carbonyl (C=O) groups excluding carboxylic acids is 1. The van der Waals surface area contributed by atoms with Gasteiger partial charge < -0.3 is 14.6 Å². The number of carbonyl (C=O) groups is 1. The number of amides is 1. The first-order valence-corrected chi connectivity index (χ1v) is 12.0. The molecule has 0 spiro atoms. The van der Waals surface area contributed by atoms with Gasteiger partial charge in [-0.2, -0.15) is 5.26 Å². The molecule has 0 fully saturated rings. The average Bonchev–Trinajstić information content (AvgIpc) is 3.19. The van der Waals surface area contributed by atoms with Crippen LogP contribution >= 0.6 is 0 Å². The van der Waals surface area contributed by atoms with Gasteiger partial charge in [0.1, 0.15) is 29.8 Å². The number of nitriles is 1. The number of nitrogens with one attached hydrogen (secondary N) is 1. The largest absolute Gasteiger partial charge is 0.489 e. The van der Waals surface area contributed by atoms with Crippen molar-refractivity contribution < 1.29 is 13.9 Å². The second kappa shape index (κ2) is 11.4. The molecule has 0 radical (unpaired) electrons. The minimum Gasteiger partial charge on any atom is -0.489 e. The summed E-state index contributed by atoms with van der Waals surface area (Å²) in [6.07, 6.45) is 1.62. The summed E-state index contributed by atoms with van der Waals surface area (Å²) in [6, 6.07) is 27.4. The van der Waals surface area contributed by atoms with Gasteiger partial charge in [-0.05, 0) is 74.4 Å². The third-order valence-electron chi connectivity index (χ3n) is 6.23. The van der Waals surface area contributed by atoms with Crippen molar-refractivity contribution >= 4 is 12.0 Å². The maximum Gasteiger partial charge on any atom is 0.262 e. The van der Waals surface area contributed by atoms with E-state index in [0.29, 0.717) is 11.3 Å². The highest BCUT2D eigenvalue weighted by molar-refractivity contribution is 6.02. The fourth-order valence-electron chi connectivity index (χ4n) is 4.20. The summed E-state index contributed by atoms with van der Waals surface area (Å²) in [5, 5.41) is 12.6. The van der Waals surface area contributed by atoms with E-state index in [2.05, 4.69) is 5.32 Å². The van der Waals surface area contributed by atoms with Crippen LogP contribution < -0.4 is 10.1 Å². The zero-order valence-corrected chi connectivity index (χ0v) is 21.0. The molecule has 0 unspecified atom stereocenters. The van der Waals surface area contributed by atoms with Gasteiger partial charge in [-0.3, -0.25) is 4.79 Å². The van der Waals surface area contributed by atoms with Gasteiger partial charge in [0, 0.05) is 22.6 Å². The SMILES string of the molecule is Cc1cc(/C=C(/C#N)C(=O)N[C@@H](C)c2ccccc2)c(C)n1-c1ccc(OCc2ccccc2F)cc1. The van der Waals surface area contributed by atoms with Crippen LogP contribution in [0.25, 0.3) is 11.8 Å². The van der Waals surface area contributed by atoms with Gasteiger partial charge >= 0.3 is 0 Å². The van der Waals surface area contributed by atoms with E-state index in [4.69, 9.17) is 4.74 Å². The van der Waals surface area contributed by atoms with Gasteiger partial charge in [0.05, 0.1) is 6.04 Å². The number of hydrogen-bond donors (Lipinski definition) is 1. The molecule has 1 amide bonds. The zero-order valence-electron chi connectivity index (χ0n) is 21.0. The molecule has 0 aliphatic carbocycles. The van der Waals surface area contributed by atoms with E-state index in [1.54, 1.807) is 24.3 Å². The Bertz CT molecular complexity index is 1460. The number of aryl methyl sites for hydroxylation is 1. The minimum absolute atomic E-state index is 0.0416. The molecule has 6 heteroatoms. The number of benzene rings is 3. The van der Waals surface area contributed by atoms with Crippen LogP contribution in [0.4, 0.5) is 4.39 Å². The second-order valence-electron chi connectivity index (χ2n) is 8.81. The summed E-state index contributed by atoms with van der Waals surface area (Å²) in [5.74, 6) is -0.0798. The van der Waals surface area contributed by atoms with Crippen molar-refractivity contribution in [3.8, 4) is 17.5 Å². The molecular formula is C31H28FN3O2. The topological polar surface area (TPSA) is 67.0 Å². The molecule has 4 aromatic rings. The number of rotatable bonds is 8. The third-order valence-corrected chi connectivity index (χ3v) is 6.23. The Morgan fingerprint density at radius 2 is 1.73 bits per heavy atom. The monoisotopic (exact) mass is 493 g/mol. The van der Waals surface area contributed by atoms with Crippen molar-refractivity contribution in [1.82, 2.24) is 9.88 Å². The smallest absolute Gasteiger partial charge is 0.262 e. The maximum absolute atomic E-state index is 13.8. The third kappa shape index (κ3) is 5.96. The Kier molecular flexibility index (Phi) is 7.85. The molecule has 1 aromatic heterocycles. The van der Waals surface area contributed by atoms with Crippen molar-refractivity contribution in [3.05, 3.63) is 124 Å². The number of hydrogen-bond acceptors (Lipinski definition) is 3.